The molecule has 1 heterocycles. The molecule has 11 nitrogen and oxygen atoms in total. The first kappa shape index (κ1) is 36.8. The van der Waals surface area contributed by atoms with Gasteiger partial charge >= 0.3 is 12.1 Å². The lowest BCUT2D eigenvalue weighted by atomic mass is 9.96. The number of carbonyl (C=O) groups excluding carboxylic acids is 3. The van der Waals surface area contributed by atoms with E-state index in [1.54, 1.807) is 35.0 Å². The lowest BCUT2D eigenvalue weighted by molar-refractivity contribution is -0.0123. The number of hydrogen-bond acceptors (Lipinski definition) is 6. The van der Waals surface area contributed by atoms with Crippen LogP contribution in [0.1, 0.15) is 115 Å². The fourth-order valence-corrected chi connectivity index (χ4v) is 6.95. The van der Waals surface area contributed by atoms with Crippen LogP contribution in [0.2, 0.25) is 0 Å². The number of likely N-dealkylation sites (N-methyl/N-ethyl adjacent to an activating group) is 1. The summed E-state index contributed by atoms with van der Waals surface area (Å²) in [6.45, 7) is 6.84. The molecule has 11 heteroatoms. The molecule has 0 radical (unpaired) electrons. The quantitative estimate of drug-likeness (QED) is 0.288. The van der Waals surface area contributed by atoms with Crippen molar-refractivity contribution >= 4 is 23.7 Å². The number of aliphatic hydroxyl groups excluding tert-OH is 1. The number of aliphatic hydroxyl groups is 1. The van der Waals surface area contributed by atoms with Gasteiger partial charge in [-0.3, -0.25) is 4.79 Å². The maximum Gasteiger partial charge on any atom is 0.319 e. The number of rotatable bonds is 7. The second kappa shape index (κ2) is 18.5. The summed E-state index contributed by atoms with van der Waals surface area (Å²) in [6, 6.07) is 4.69. The number of hydrogen-bond donors (Lipinski definition) is 4. The van der Waals surface area contributed by atoms with E-state index in [4.69, 9.17) is 9.47 Å². The first-order chi connectivity index (χ1) is 22.6. The zero-order valence-electron chi connectivity index (χ0n) is 29.1. The molecule has 47 heavy (non-hydrogen) atoms. The Hall–Kier alpha value is -3.05. The van der Waals surface area contributed by atoms with Gasteiger partial charge in [-0.15, -0.1) is 0 Å². The molecular formula is C36H59N5O6. The van der Waals surface area contributed by atoms with Gasteiger partial charge in [-0.2, -0.15) is 0 Å². The molecule has 0 bridgehead atoms. The smallest absolute Gasteiger partial charge is 0.319 e. The highest BCUT2D eigenvalue weighted by molar-refractivity contribution is 5.99. The number of urea groups is 2. The number of carbonyl (C=O) groups is 3. The van der Waals surface area contributed by atoms with Crippen LogP contribution in [0.15, 0.2) is 18.2 Å². The lowest BCUT2D eigenvalue weighted by Crippen LogP contribution is -2.50. The molecule has 2 saturated carbocycles. The van der Waals surface area contributed by atoms with E-state index < -0.39 is 6.04 Å². The Bertz CT molecular complexity index is 1150. The number of amides is 5. The molecular weight excluding hydrogens is 598 g/mol. The molecule has 4 N–H and O–H groups in total. The van der Waals surface area contributed by atoms with E-state index in [0.29, 0.717) is 36.7 Å². The number of benzene rings is 1. The average Bonchev–Trinajstić information content (AvgIpc) is 3.06. The summed E-state index contributed by atoms with van der Waals surface area (Å²) in [5.41, 5.74) is 0.831. The molecule has 2 fully saturated rings. The van der Waals surface area contributed by atoms with Gasteiger partial charge < -0.3 is 40.3 Å². The normalized spacial score (nSPS) is 24.7. The van der Waals surface area contributed by atoms with Crippen molar-refractivity contribution in [3.63, 3.8) is 0 Å². The summed E-state index contributed by atoms with van der Waals surface area (Å²) >= 11 is 0. The Kier molecular flexibility index (Phi) is 14.5. The zero-order valence-corrected chi connectivity index (χ0v) is 29.1. The van der Waals surface area contributed by atoms with E-state index in [2.05, 4.69) is 16.0 Å². The molecule has 5 amide bonds. The van der Waals surface area contributed by atoms with Crippen LogP contribution in [-0.4, -0.2) is 96.6 Å². The predicted molar refractivity (Wildman–Crippen MR) is 184 cm³/mol. The molecule has 1 aliphatic heterocycles. The van der Waals surface area contributed by atoms with Gasteiger partial charge in [-0.05, 0) is 77.0 Å². The molecule has 0 saturated heterocycles. The highest BCUT2D eigenvalue weighted by atomic mass is 16.5. The highest BCUT2D eigenvalue weighted by Crippen LogP contribution is 2.29. The summed E-state index contributed by atoms with van der Waals surface area (Å²) < 4.78 is 12.7. The van der Waals surface area contributed by atoms with Gasteiger partial charge in [-0.1, -0.05) is 45.4 Å². The molecule has 3 aliphatic rings. The third-order valence-corrected chi connectivity index (χ3v) is 9.98. The highest BCUT2D eigenvalue weighted by Gasteiger charge is 2.31. The second-order valence-electron chi connectivity index (χ2n) is 14.1. The predicted octanol–water partition coefficient (Wildman–Crippen LogP) is 5.91. The molecule has 1 aromatic rings. The van der Waals surface area contributed by atoms with E-state index in [1.165, 1.54) is 12.8 Å². The minimum Gasteiger partial charge on any atom is -0.490 e. The summed E-state index contributed by atoms with van der Waals surface area (Å²) in [5.74, 6) is 0.00958. The monoisotopic (exact) mass is 657 g/mol. The van der Waals surface area contributed by atoms with Gasteiger partial charge in [0.15, 0.2) is 0 Å². The summed E-state index contributed by atoms with van der Waals surface area (Å²) in [7, 11) is 1.80. The Balaban J connectivity index is 1.54. The summed E-state index contributed by atoms with van der Waals surface area (Å²) in [4.78, 5) is 43.7. The maximum absolute atomic E-state index is 14.4. The van der Waals surface area contributed by atoms with Gasteiger partial charge in [0.25, 0.3) is 5.91 Å². The van der Waals surface area contributed by atoms with Crippen LogP contribution in [0.3, 0.4) is 0 Å². The Labute approximate surface area is 281 Å². The van der Waals surface area contributed by atoms with Crippen molar-refractivity contribution in [3.8, 4) is 5.75 Å². The first-order valence-electron chi connectivity index (χ1n) is 18.1. The topological polar surface area (TPSA) is 132 Å². The summed E-state index contributed by atoms with van der Waals surface area (Å²) in [6.07, 6.45) is 12.9. The molecule has 4 atom stereocenters. The van der Waals surface area contributed by atoms with Crippen molar-refractivity contribution in [1.29, 1.82) is 0 Å². The van der Waals surface area contributed by atoms with E-state index in [9.17, 15) is 19.5 Å². The molecule has 0 aromatic heterocycles. The zero-order chi connectivity index (χ0) is 33.8. The van der Waals surface area contributed by atoms with Gasteiger partial charge in [0.05, 0.1) is 30.4 Å². The van der Waals surface area contributed by atoms with Crippen LogP contribution in [0.5, 0.6) is 5.75 Å². The molecule has 2 aliphatic carbocycles. The summed E-state index contributed by atoms with van der Waals surface area (Å²) in [5, 5.41) is 19.4. The van der Waals surface area contributed by atoms with E-state index >= 15 is 0 Å². The van der Waals surface area contributed by atoms with E-state index in [1.807, 2.05) is 20.8 Å². The van der Waals surface area contributed by atoms with Crippen LogP contribution in [0.25, 0.3) is 0 Å². The van der Waals surface area contributed by atoms with Crippen LogP contribution >= 0.6 is 0 Å². The minimum absolute atomic E-state index is 0.101. The van der Waals surface area contributed by atoms with Crippen LogP contribution in [-0.2, 0) is 4.74 Å². The molecule has 0 spiro atoms. The number of ether oxygens (including phenoxy) is 2. The fraction of sp³-hybridized carbons (Fsp3) is 0.750. The Morgan fingerprint density at radius 3 is 2.26 bits per heavy atom. The van der Waals surface area contributed by atoms with Gasteiger partial charge in [0, 0.05) is 50.4 Å². The third kappa shape index (κ3) is 11.3. The molecule has 4 rings (SSSR count). The Morgan fingerprint density at radius 1 is 0.957 bits per heavy atom. The van der Waals surface area contributed by atoms with Crippen LogP contribution < -0.4 is 20.7 Å². The van der Waals surface area contributed by atoms with Crippen molar-refractivity contribution in [2.75, 3.05) is 38.7 Å². The molecule has 264 valence electrons. The number of nitrogens with one attached hydrogen (secondary N) is 3. The van der Waals surface area contributed by atoms with Crippen molar-refractivity contribution in [1.82, 2.24) is 20.4 Å². The number of nitrogens with zero attached hydrogens (tertiary/aromatic N) is 2. The minimum atomic E-state index is -0.484. The average molecular weight is 658 g/mol. The van der Waals surface area contributed by atoms with Crippen molar-refractivity contribution in [2.24, 2.45) is 5.92 Å². The van der Waals surface area contributed by atoms with E-state index in [-0.39, 0.29) is 54.8 Å². The van der Waals surface area contributed by atoms with Gasteiger partial charge in [-0.25, -0.2) is 9.59 Å². The fourth-order valence-electron chi connectivity index (χ4n) is 6.95. The second-order valence-corrected chi connectivity index (χ2v) is 14.1. The standard InChI is InChI=1S/C36H59N5O6/c1-25-22-41(26(2)24-42)34(43)31-21-30(38-35(44)37-28-14-7-5-8-15-28)18-19-32(31)47-27(3)13-11-12-20-46-33(25)23-40(4)36(45)39-29-16-9-6-10-17-29/h18-19,21,25-29,33,42H,5-17,20,22-24H2,1-4H3,(H,39,45)(H2,37,38,44)/t25-,26+,27-,33-/m0/s1. The van der Waals surface area contributed by atoms with Crippen molar-refractivity contribution in [2.45, 2.75) is 135 Å². The van der Waals surface area contributed by atoms with Crippen LogP contribution in [0, 0.1) is 5.92 Å². The van der Waals surface area contributed by atoms with Crippen LogP contribution in [0.4, 0.5) is 15.3 Å². The maximum atomic E-state index is 14.4. The van der Waals surface area contributed by atoms with Gasteiger partial charge in [0.1, 0.15) is 5.75 Å². The third-order valence-electron chi connectivity index (χ3n) is 9.98. The SMILES string of the molecule is C[C@H](CO)N1C[C@H](C)[C@H](CN(C)C(=O)NC2CCCCC2)OCCCC[C@H](C)Oc2ccc(NC(=O)NC3CCCCC3)cc2C1=O. The van der Waals surface area contributed by atoms with Gasteiger partial charge in [0.2, 0.25) is 0 Å². The lowest BCUT2D eigenvalue weighted by Gasteiger charge is -2.36. The van der Waals surface area contributed by atoms with Crippen molar-refractivity contribution < 1.29 is 29.0 Å². The van der Waals surface area contributed by atoms with E-state index in [0.717, 1.165) is 70.6 Å². The van der Waals surface area contributed by atoms with Crippen molar-refractivity contribution in [3.05, 3.63) is 23.8 Å². The Morgan fingerprint density at radius 2 is 1.60 bits per heavy atom. The molecule has 1 aromatic carbocycles. The molecule has 0 unspecified atom stereocenters. The largest absolute Gasteiger partial charge is 0.490 e. The number of anilines is 1. The first-order valence-corrected chi connectivity index (χ1v) is 18.1. The number of fused-ring (bicyclic) bond motifs is 1.